The smallest absolute Gasteiger partial charge is 0.592 e. The van der Waals surface area contributed by atoms with E-state index < -0.39 is 0 Å². The molecule has 0 bridgehead atoms. The van der Waals surface area contributed by atoms with E-state index in [0.717, 1.165) is 0 Å². The molecule has 0 aliphatic carbocycles. The number of para-hydroxylation sites is 1. The van der Waals surface area contributed by atoms with Crippen molar-refractivity contribution >= 4 is 5.69 Å². The van der Waals surface area contributed by atoms with Gasteiger partial charge in [-0.15, -0.1) is 0 Å². The van der Waals surface area contributed by atoms with E-state index in [-0.39, 0.29) is 56.2 Å². The van der Waals surface area contributed by atoms with Gasteiger partial charge in [-0.25, -0.2) is 0 Å². The summed E-state index contributed by atoms with van der Waals surface area (Å²) < 4.78 is 0. The third-order valence-corrected chi connectivity index (χ3v) is 1.06. The van der Waals surface area contributed by atoms with Gasteiger partial charge in [-0.2, -0.15) is 0 Å². The minimum Gasteiger partial charge on any atom is -0.592 e. The maximum absolute atomic E-state index is 10.5. The Kier molecular flexibility index (Phi) is 5.70. The normalized spacial score (nSPS) is 10.4. The fraction of sp³-hybridized carbons (Fsp3) is 0. The van der Waals surface area contributed by atoms with Gasteiger partial charge in [0.15, 0.2) is 0 Å². The molecule has 1 rings (SSSR count). The maximum atomic E-state index is 10.5. The van der Waals surface area contributed by atoms with Crippen molar-refractivity contribution in [3.8, 4) is 0 Å². The summed E-state index contributed by atoms with van der Waals surface area (Å²) in [4.78, 5) is 0.139. The fourth-order valence-corrected chi connectivity index (χ4v) is 0.607. The molecule has 0 heterocycles. The van der Waals surface area contributed by atoms with Crippen LogP contribution < -0.4 is 51.4 Å². The molecule has 0 aliphatic heterocycles. The standard InChI is InChI=1S/C6H6N2O2.K/c9-7-8(10)6-4-2-1-3-5-6;/h1-5,9H;/q;+1/b8-7-;. The number of nitrogens with zero attached hydrogens (tertiary/aromatic N) is 2. The average molecular weight is 177 g/mol. The summed E-state index contributed by atoms with van der Waals surface area (Å²) in [6.45, 7) is 0. The molecule has 0 amide bonds. The fourth-order valence-electron chi connectivity index (χ4n) is 0.607. The van der Waals surface area contributed by atoms with Crippen LogP contribution in [0.3, 0.4) is 0 Å². The van der Waals surface area contributed by atoms with Gasteiger partial charge in [-0.05, 0) is 4.86 Å². The number of hydrogen-bond donors (Lipinski definition) is 1. The van der Waals surface area contributed by atoms with Gasteiger partial charge >= 0.3 is 51.4 Å². The molecule has 4 nitrogen and oxygen atoms in total. The van der Waals surface area contributed by atoms with Gasteiger partial charge in [-0.1, -0.05) is 18.2 Å². The molecule has 1 aromatic carbocycles. The predicted octanol–water partition coefficient (Wildman–Crippen LogP) is -1.33. The Labute approximate surface area is 107 Å². The largest absolute Gasteiger partial charge is 1.00 e. The Morgan fingerprint density at radius 1 is 1.27 bits per heavy atom. The van der Waals surface area contributed by atoms with Crippen LogP contribution in [0.25, 0.3) is 0 Å². The minimum absolute atomic E-state index is 0. The van der Waals surface area contributed by atoms with E-state index in [0.29, 0.717) is 5.69 Å². The molecule has 0 unspecified atom stereocenters. The zero-order chi connectivity index (χ0) is 7.40. The molecule has 1 N–H and O–H groups in total. The summed E-state index contributed by atoms with van der Waals surface area (Å²) >= 11 is 0. The van der Waals surface area contributed by atoms with Crippen LogP contribution in [0.4, 0.5) is 5.69 Å². The molecular formula is C6H6KN2O2+. The molecule has 0 atom stereocenters. The number of hydrogen-bond acceptors (Lipinski definition) is 2. The van der Waals surface area contributed by atoms with Crippen molar-refractivity contribution in [3.63, 3.8) is 0 Å². The summed E-state index contributed by atoms with van der Waals surface area (Å²) in [5, 5.41) is 21.0. The summed E-state index contributed by atoms with van der Waals surface area (Å²) in [5.41, 5.74) is 0.310. The number of benzene rings is 1. The Morgan fingerprint density at radius 3 is 2.27 bits per heavy atom. The van der Waals surface area contributed by atoms with Gasteiger partial charge in [0, 0.05) is 12.1 Å². The first-order valence-corrected chi connectivity index (χ1v) is 2.72. The Hall–Kier alpha value is 0.0564. The van der Waals surface area contributed by atoms with Gasteiger partial charge in [0.1, 0.15) is 0 Å². The zero-order valence-electron chi connectivity index (χ0n) is 6.14. The van der Waals surface area contributed by atoms with Gasteiger partial charge in [-0.3, -0.25) is 0 Å². The molecular weight excluding hydrogens is 171 g/mol. The molecule has 1 aromatic rings. The second-order valence-electron chi connectivity index (χ2n) is 1.70. The summed E-state index contributed by atoms with van der Waals surface area (Å²) in [6.07, 6.45) is 0. The summed E-state index contributed by atoms with van der Waals surface area (Å²) in [6, 6.07) is 8.24. The summed E-state index contributed by atoms with van der Waals surface area (Å²) in [7, 11) is 0. The second kappa shape index (κ2) is 5.67. The molecule has 0 saturated carbocycles. The van der Waals surface area contributed by atoms with Crippen molar-refractivity contribution in [1.29, 1.82) is 0 Å². The zero-order valence-corrected chi connectivity index (χ0v) is 9.26. The third kappa shape index (κ3) is 3.30. The Balaban J connectivity index is 0.000001000. The number of rotatable bonds is 1. The van der Waals surface area contributed by atoms with Crippen LogP contribution in [-0.4, -0.2) is 10.1 Å². The van der Waals surface area contributed by atoms with Gasteiger partial charge < -0.3 is 10.4 Å². The van der Waals surface area contributed by atoms with Crippen molar-refractivity contribution < 1.29 is 61.5 Å². The molecule has 0 radical (unpaired) electrons. The van der Waals surface area contributed by atoms with E-state index in [9.17, 15) is 5.21 Å². The van der Waals surface area contributed by atoms with Crippen molar-refractivity contribution in [2.24, 2.45) is 5.28 Å². The monoisotopic (exact) mass is 177 g/mol. The molecule has 0 fully saturated rings. The van der Waals surface area contributed by atoms with Gasteiger partial charge in [0.2, 0.25) is 11.0 Å². The molecule has 11 heavy (non-hydrogen) atoms. The molecule has 0 aromatic heterocycles. The van der Waals surface area contributed by atoms with E-state index in [1.54, 1.807) is 30.3 Å². The third-order valence-electron chi connectivity index (χ3n) is 1.06. The van der Waals surface area contributed by atoms with E-state index >= 15 is 0 Å². The van der Waals surface area contributed by atoms with E-state index in [4.69, 9.17) is 5.21 Å². The minimum atomic E-state index is 0. The van der Waals surface area contributed by atoms with Crippen LogP contribution in [-0.2, 0) is 0 Å². The predicted molar refractivity (Wildman–Crippen MR) is 33.9 cm³/mol. The van der Waals surface area contributed by atoms with Crippen LogP contribution >= 0.6 is 0 Å². The van der Waals surface area contributed by atoms with Crippen LogP contribution in [0, 0.1) is 5.21 Å². The second-order valence-corrected chi connectivity index (χ2v) is 1.70. The van der Waals surface area contributed by atoms with E-state index in [2.05, 4.69) is 5.28 Å². The first kappa shape index (κ1) is 11.1. The first-order valence-electron chi connectivity index (χ1n) is 2.72. The first-order chi connectivity index (χ1) is 4.84. The quantitative estimate of drug-likeness (QED) is 0.250. The van der Waals surface area contributed by atoms with E-state index in [1.807, 2.05) is 0 Å². The van der Waals surface area contributed by atoms with Crippen molar-refractivity contribution in [3.05, 3.63) is 35.5 Å². The molecule has 52 valence electrons. The van der Waals surface area contributed by atoms with Crippen molar-refractivity contribution in [2.75, 3.05) is 0 Å². The van der Waals surface area contributed by atoms with Crippen LogP contribution in [0.5, 0.6) is 0 Å². The van der Waals surface area contributed by atoms with Crippen LogP contribution in [0.1, 0.15) is 0 Å². The van der Waals surface area contributed by atoms with Crippen molar-refractivity contribution in [1.82, 2.24) is 0 Å². The molecule has 0 saturated heterocycles. The Morgan fingerprint density at radius 2 is 1.82 bits per heavy atom. The average Bonchev–Trinajstić information content (AvgIpc) is 2.05. The summed E-state index contributed by atoms with van der Waals surface area (Å²) in [5.74, 6) is 0. The topological polar surface area (TPSA) is 58.7 Å². The Bertz CT molecular complexity index is 238. The SMILES string of the molecule is [K+].[O-]/[N+](=N\O)c1ccccc1. The van der Waals surface area contributed by atoms with Crippen molar-refractivity contribution in [2.45, 2.75) is 0 Å². The van der Waals surface area contributed by atoms with Crippen LogP contribution in [0.15, 0.2) is 35.6 Å². The maximum Gasteiger partial charge on any atom is 1.00 e. The van der Waals surface area contributed by atoms with Gasteiger partial charge in [0.05, 0.1) is 0 Å². The molecule has 5 heteroatoms. The molecule has 0 spiro atoms. The van der Waals surface area contributed by atoms with Gasteiger partial charge in [0.25, 0.3) is 0 Å². The van der Waals surface area contributed by atoms with E-state index in [1.165, 1.54) is 0 Å². The molecule has 0 aliphatic rings. The van der Waals surface area contributed by atoms with Crippen LogP contribution in [0.2, 0.25) is 0 Å².